The fraction of sp³-hybridized carbons (Fsp3) is 0.385. The first kappa shape index (κ1) is 11.9. The van der Waals surface area contributed by atoms with Crippen molar-refractivity contribution in [2.45, 2.75) is 25.6 Å². The monoisotopic (exact) mass is 208 g/mol. The summed E-state index contributed by atoms with van der Waals surface area (Å²) in [4.78, 5) is 0. The number of rotatable bonds is 6. The van der Waals surface area contributed by atoms with E-state index < -0.39 is 5.67 Å². The summed E-state index contributed by atoms with van der Waals surface area (Å²) in [6.45, 7) is 5.60. The number of hydrogen-bond acceptors (Lipinski definition) is 1. The molecule has 0 aliphatic rings. The summed E-state index contributed by atoms with van der Waals surface area (Å²) < 4.78 is 18.9. The predicted molar refractivity (Wildman–Crippen MR) is 60.4 cm³/mol. The summed E-state index contributed by atoms with van der Waals surface area (Å²) in [5.74, 6) is 0. The number of allylic oxidation sites excluding steroid dienone is 1. The van der Waals surface area contributed by atoms with E-state index in [0.717, 1.165) is 5.56 Å². The van der Waals surface area contributed by atoms with Crippen molar-refractivity contribution in [2.24, 2.45) is 0 Å². The van der Waals surface area contributed by atoms with Crippen LogP contribution in [0.15, 0.2) is 43.0 Å². The van der Waals surface area contributed by atoms with Crippen molar-refractivity contribution in [2.75, 3.05) is 6.61 Å². The summed E-state index contributed by atoms with van der Waals surface area (Å²) in [7, 11) is 0. The molecular weight excluding hydrogens is 191 g/mol. The van der Waals surface area contributed by atoms with Gasteiger partial charge < -0.3 is 4.74 Å². The highest BCUT2D eigenvalue weighted by Gasteiger charge is 2.21. The summed E-state index contributed by atoms with van der Waals surface area (Å²) >= 11 is 0. The maximum atomic E-state index is 13.6. The second-order valence-corrected chi connectivity index (χ2v) is 3.88. The molecule has 0 bridgehead atoms. The van der Waals surface area contributed by atoms with Gasteiger partial charge in [0.2, 0.25) is 0 Å². The molecule has 0 radical (unpaired) electrons. The van der Waals surface area contributed by atoms with Crippen molar-refractivity contribution in [3.63, 3.8) is 0 Å². The van der Waals surface area contributed by atoms with E-state index in [1.54, 1.807) is 6.08 Å². The molecule has 0 amide bonds. The standard InChI is InChI=1S/C13H17FO/c1-3-9-13(2,14)11-15-10-12-7-5-4-6-8-12/h3-8H,1,9-11H2,2H3/t13-/m0/s1. The Labute approximate surface area is 90.6 Å². The summed E-state index contributed by atoms with van der Waals surface area (Å²) in [5, 5.41) is 0. The highest BCUT2D eigenvalue weighted by atomic mass is 19.1. The molecule has 15 heavy (non-hydrogen) atoms. The summed E-state index contributed by atoms with van der Waals surface area (Å²) in [6.07, 6.45) is 1.90. The molecule has 0 aliphatic carbocycles. The van der Waals surface area contributed by atoms with E-state index in [9.17, 15) is 4.39 Å². The minimum absolute atomic E-state index is 0.105. The minimum atomic E-state index is -1.31. The van der Waals surface area contributed by atoms with Crippen molar-refractivity contribution < 1.29 is 9.13 Å². The van der Waals surface area contributed by atoms with Crippen LogP contribution in [0.1, 0.15) is 18.9 Å². The molecule has 0 N–H and O–H groups in total. The van der Waals surface area contributed by atoms with Gasteiger partial charge in [-0.1, -0.05) is 36.4 Å². The molecule has 2 heteroatoms. The SMILES string of the molecule is C=CC[C@](C)(F)COCc1ccccc1. The first-order valence-corrected chi connectivity index (χ1v) is 5.05. The van der Waals surface area contributed by atoms with Gasteiger partial charge in [-0.3, -0.25) is 0 Å². The van der Waals surface area contributed by atoms with E-state index in [0.29, 0.717) is 13.0 Å². The highest BCUT2D eigenvalue weighted by molar-refractivity contribution is 5.13. The maximum absolute atomic E-state index is 13.6. The molecule has 0 aromatic heterocycles. The maximum Gasteiger partial charge on any atom is 0.134 e. The molecule has 0 spiro atoms. The average molecular weight is 208 g/mol. The van der Waals surface area contributed by atoms with Gasteiger partial charge in [-0.2, -0.15) is 0 Å². The first-order valence-electron chi connectivity index (χ1n) is 5.05. The van der Waals surface area contributed by atoms with Gasteiger partial charge in [-0.15, -0.1) is 6.58 Å². The van der Waals surface area contributed by atoms with Gasteiger partial charge in [0.15, 0.2) is 0 Å². The average Bonchev–Trinajstić information content (AvgIpc) is 2.19. The van der Waals surface area contributed by atoms with E-state index >= 15 is 0 Å². The molecule has 1 atom stereocenters. The molecule has 0 unspecified atom stereocenters. The molecule has 0 heterocycles. The lowest BCUT2D eigenvalue weighted by molar-refractivity contribution is 0.0190. The summed E-state index contributed by atoms with van der Waals surface area (Å²) in [6, 6.07) is 9.75. The van der Waals surface area contributed by atoms with Crippen LogP contribution in [0.2, 0.25) is 0 Å². The lowest BCUT2D eigenvalue weighted by Crippen LogP contribution is -2.24. The van der Waals surface area contributed by atoms with Crippen LogP contribution in [0, 0.1) is 0 Å². The molecule has 0 aliphatic heterocycles. The van der Waals surface area contributed by atoms with Gasteiger partial charge in [0, 0.05) is 6.42 Å². The van der Waals surface area contributed by atoms with Crippen molar-refractivity contribution >= 4 is 0 Å². The van der Waals surface area contributed by atoms with Crippen LogP contribution in [0.4, 0.5) is 4.39 Å². The fourth-order valence-corrected chi connectivity index (χ4v) is 1.32. The Hall–Kier alpha value is -1.15. The Kier molecular flexibility index (Phi) is 4.50. The normalized spacial score (nSPS) is 14.5. The second-order valence-electron chi connectivity index (χ2n) is 3.88. The third-order valence-electron chi connectivity index (χ3n) is 2.08. The molecule has 1 nitrogen and oxygen atoms in total. The summed E-state index contributed by atoms with van der Waals surface area (Å²) in [5.41, 5.74) is -0.247. The second kappa shape index (κ2) is 5.66. The van der Waals surface area contributed by atoms with Gasteiger partial charge in [0.1, 0.15) is 5.67 Å². The van der Waals surface area contributed by atoms with E-state index in [1.165, 1.54) is 6.92 Å². The topological polar surface area (TPSA) is 9.23 Å². The third-order valence-corrected chi connectivity index (χ3v) is 2.08. The zero-order valence-corrected chi connectivity index (χ0v) is 9.08. The number of hydrogen-bond donors (Lipinski definition) is 0. The Morgan fingerprint density at radius 3 is 2.67 bits per heavy atom. The Balaban J connectivity index is 2.30. The van der Waals surface area contributed by atoms with E-state index in [1.807, 2.05) is 30.3 Å². The van der Waals surface area contributed by atoms with Crippen molar-refractivity contribution in [3.05, 3.63) is 48.6 Å². The number of alkyl halides is 1. The third kappa shape index (κ3) is 4.75. The van der Waals surface area contributed by atoms with Gasteiger partial charge in [0.25, 0.3) is 0 Å². The van der Waals surface area contributed by atoms with Gasteiger partial charge in [0.05, 0.1) is 13.2 Å². The van der Waals surface area contributed by atoms with Crippen LogP contribution >= 0.6 is 0 Å². The molecular formula is C13H17FO. The largest absolute Gasteiger partial charge is 0.373 e. The first-order chi connectivity index (χ1) is 7.14. The molecule has 1 aromatic rings. The fourth-order valence-electron chi connectivity index (χ4n) is 1.32. The molecule has 0 saturated heterocycles. The predicted octanol–water partition coefficient (Wildman–Crippen LogP) is 3.51. The van der Waals surface area contributed by atoms with E-state index in [-0.39, 0.29) is 6.61 Å². The van der Waals surface area contributed by atoms with Gasteiger partial charge in [-0.25, -0.2) is 4.39 Å². The van der Waals surface area contributed by atoms with E-state index in [4.69, 9.17) is 4.74 Å². The number of ether oxygens (including phenoxy) is 1. The quantitative estimate of drug-likeness (QED) is 0.650. The van der Waals surface area contributed by atoms with Gasteiger partial charge in [-0.05, 0) is 12.5 Å². The molecule has 0 fully saturated rings. The van der Waals surface area contributed by atoms with Crippen molar-refractivity contribution in [1.29, 1.82) is 0 Å². The number of benzene rings is 1. The van der Waals surface area contributed by atoms with Crippen LogP contribution in [0.25, 0.3) is 0 Å². The molecule has 0 saturated carbocycles. The Morgan fingerprint density at radius 2 is 2.07 bits per heavy atom. The lowest BCUT2D eigenvalue weighted by atomic mass is 10.1. The highest BCUT2D eigenvalue weighted by Crippen LogP contribution is 2.16. The van der Waals surface area contributed by atoms with Crippen LogP contribution in [-0.4, -0.2) is 12.3 Å². The van der Waals surface area contributed by atoms with Crippen LogP contribution in [0.5, 0.6) is 0 Å². The zero-order valence-electron chi connectivity index (χ0n) is 9.08. The lowest BCUT2D eigenvalue weighted by Gasteiger charge is -2.18. The number of halogens is 1. The van der Waals surface area contributed by atoms with Crippen LogP contribution in [0.3, 0.4) is 0 Å². The van der Waals surface area contributed by atoms with Gasteiger partial charge >= 0.3 is 0 Å². The molecule has 82 valence electrons. The zero-order chi connectivity index (χ0) is 11.1. The van der Waals surface area contributed by atoms with Crippen molar-refractivity contribution in [1.82, 2.24) is 0 Å². The minimum Gasteiger partial charge on any atom is -0.373 e. The van der Waals surface area contributed by atoms with E-state index in [2.05, 4.69) is 6.58 Å². The Morgan fingerprint density at radius 1 is 1.40 bits per heavy atom. The molecule has 1 aromatic carbocycles. The smallest absolute Gasteiger partial charge is 0.134 e. The van der Waals surface area contributed by atoms with Crippen LogP contribution in [-0.2, 0) is 11.3 Å². The van der Waals surface area contributed by atoms with Crippen molar-refractivity contribution in [3.8, 4) is 0 Å². The van der Waals surface area contributed by atoms with Crippen LogP contribution < -0.4 is 0 Å². The Bertz CT molecular complexity index is 293. The molecule has 1 rings (SSSR count).